The molecule has 3 aromatic carbocycles. The summed E-state index contributed by atoms with van der Waals surface area (Å²) in [6, 6.07) is 18.4. The summed E-state index contributed by atoms with van der Waals surface area (Å²) in [6.07, 6.45) is 0. The van der Waals surface area contributed by atoms with Crippen molar-refractivity contribution in [3.63, 3.8) is 0 Å². The number of hydrogen-bond acceptors (Lipinski definition) is 4. The van der Waals surface area contributed by atoms with Crippen molar-refractivity contribution in [2.45, 2.75) is 6.92 Å². The number of aryl methyl sites for hydroxylation is 1. The number of hydrogen-bond donors (Lipinski definition) is 1. The van der Waals surface area contributed by atoms with Gasteiger partial charge in [-0.15, -0.1) is 0 Å². The second kappa shape index (κ2) is 8.00. The Morgan fingerprint density at radius 3 is 2.33 bits per heavy atom. The van der Waals surface area contributed by atoms with E-state index in [1.54, 1.807) is 66.7 Å². The summed E-state index contributed by atoms with van der Waals surface area (Å²) >= 11 is 5.92. The Morgan fingerprint density at radius 1 is 0.967 bits per heavy atom. The number of nitrogens with one attached hydrogen (secondary N) is 1. The highest BCUT2D eigenvalue weighted by Gasteiger charge is 2.36. The number of nitrogens with zero attached hydrogens (tertiary/aromatic N) is 1. The lowest BCUT2D eigenvalue weighted by Crippen LogP contribution is -2.29. The molecule has 0 aliphatic carbocycles. The Kier molecular flexibility index (Phi) is 5.25. The van der Waals surface area contributed by atoms with E-state index in [1.165, 1.54) is 0 Å². The molecule has 0 aromatic heterocycles. The maximum absolute atomic E-state index is 12.6. The third kappa shape index (κ3) is 3.77. The second-order valence-corrected chi connectivity index (χ2v) is 7.22. The van der Waals surface area contributed by atoms with Gasteiger partial charge in [0.15, 0.2) is 6.61 Å². The van der Waals surface area contributed by atoms with E-state index in [0.29, 0.717) is 33.3 Å². The lowest BCUT2D eigenvalue weighted by Gasteiger charge is -2.15. The van der Waals surface area contributed by atoms with Crippen molar-refractivity contribution in [1.29, 1.82) is 0 Å². The van der Waals surface area contributed by atoms with Gasteiger partial charge in [-0.05, 0) is 61.0 Å². The molecule has 30 heavy (non-hydrogen) atoms. The molecule has 0 saturated carbocycles. The van der Waals surface area contributed by atoms with E-state index >= 15 is 0 Å². The highest BCUT2D eigenvalue weighted by molar-refractivity contribution is 6.34. The lowest BCUT2D eigenvalue weighted by atomic mass is 10.1. The molecule has 0 bridgehead atoms. The Hall–Kier alpha value is -3.64. The van der Waals surface area contributed by atoms with Crippen molar-refractivity contribution in [2.24, 2.45) is 0 Å². The highest BCUT2D eigenvalue weighted by atomic mass is 35.5. The average molecular weight is 421 g/mol. The minimum absolute atomic E-state index is 0.195. The van der Waals surface area contributed by atoms with Gasteiger partial charge < -0.3 is 10.1 Å². The van der Waals surface area contributed by atoms with Gasteiger partial charge in [-0.1, -0.05) is 29.8 Å². The van der Waals surface area contributed by atoms with E-state index in [0.717, 1.165) is 10.5 Å². The number of halogens is 1. The first kappa shape index (κ1) is 19.7. The predicted molar refractivity (Wildman–Crippen MR) is 114 cm³/mol. The number of fused-ring (bicyclic) bond motifs is 1. The molecule has 1 aliphatic rings. The molecule has 0 spiro atoms. The number of carbonyl (C=O) groups is 3. The van der Waals surface area contributed by atoms with Crippen LogP contribution < -0.4 is 15.0 Å². The van der Waals surface area contributed by atoms with Gasteiger partial charge in [0.05, 0.1) is 16.8 Å². The van der Waals surface area contributed by atoms with Crippen molar-refractivity contribution in [3.05, 3.63) is 88.4 Å². The zero-order chi connectivity index (χ0) is 21.3. The second-order valence-electron chi connectivity index (χ2n) is 6.79. The Balaban J connectivity index is 1.46. The Morgan fingerprint density at radius 2 is 1.67 bits per heavy atom. The molecule has 1 N–H and O–H groups in total. The van der Waals surface area contributed by atoms with Crippen molar-refractivity contribution in [2.75, 3.05) is 16.8 Å². The van der Waals surface area contributed by atoms with E-state index in [9.17, 15) is 14.4 Å². The topological polar surface area (TPSA) is 75.7 Å². The third-order valence-electron chi connectivity index (χ3n) is 4.68. The molecule has 3 aromatic rings. The standard InChI is InChI=1S/C23H17ClN2O4/c1-14-11-15(24)9-10-20(14)30-13-21(27)25-16-5-4-6-17(12-16)26-22(28)18-7-2-3-8-19(18)23(26)29/h2-12H,13H2,1H3,(H,25,27). The lowest BCUT2D eigenvalue weighted by molar-refractivity contribution is -0.118. The highest BCUT2D eigenvalue weighted by Crippen LogP contribution is 2.29. The quantitative estimate of drug-likeness (QED) is 0.618. The summed E-state index contributed by atoms with van der Waals surface area (Å²) in [6.45, 7) is 1.64. The molecule has 150 valence electrons. The van der Waals surface area contributed by atoms with E-state index in [2.05, 4.69) is 5.32 Å². The first-order valence-electron chi connectivity index (χ1n) is 9.21. The minimum Gasteiger partial charge on any atom is -0.483 e. The largest absolute Gasteiger partial charge is 0.483 e. The van der Waals surface area contributed by atoms with Gasteiger partial charge in [0.1, 0.15) is 5.75 Å². The van der Waals surface area contributed by atoms with Gasteiger partial charge in [-0.25, -0.2) is 4.90 Å². The third-order valence-corrected chi connectivity index (χ3v) is 4.91. The van der Waals surface area contributed by atoms with Gasteiger partial charge in [0.2, 0.25) is 0 Å². The first-order valence-corrected chi connectivity index (χ1v) is 9.58. The number of anilines is 2. The molecule has 6 nitrogen and oxygen atoms in total. The number of rotatable bonds is 5. The van der Waals surface area contributed by atoms with Crippen LogP contribution in [-0.2, 0) is 4.79 Å². The first-order chi connectivity index (χ1) is 14.4. The van der Waals surface area contributed by atoms with Crippen LogP contribution in [0, 0.1) is 6.92 Å². The number of carbonyl (C=O) groups excluding carboxylic acids is 3. The van der Waals surface area contributed by atoms with E-state index in [1.807, 2.05) is 6.92 Å². The fourth-order valence-electron chi connectivity index (χ4n) is 3.26. The van der Waals surface area contributed by atoms with Crippen LogP contribution in [0.1, 0.15) is 26.3 Å². The van der Waals surface area contributed by atoms with Crippen molar-refractivity contribution < 1.29 is 19.1 Å². The normalized spacial score (nSPS) is 12.7. The summed E-state index contributed by atoms with van der Waals surface area (Å²) in [5.74, 6) is -0.584. The van der Waals surface area contributed by atoms with Crippen LogP contribution in [0.5, 0.6) is 5.75 Å². The molecule has 0 radical (unpaired) electrons. The summed E-state index contributed by atoms with van der Waals surface area (Å²) in [4.78, 5) is 38.7. The summed E-state index contributed by atoms with van der Waals surface area (Å²) in [7, 11) is 0. The van der Waals surface area contributed by atoms with Crippen molar-refractivity contribution in [1.82, 2.24) is 0 Å². The van der Waals surface area contributed by atoms with Crippen LogP contribution in [0.2, 0.25) is 5.02 Å². The molecule has 1 heterocycles. The van der Waals surface area contributed by atoms with Crippen molar-refractivity contribution >= 4 is 40.7 Å². The maximum Gasteiger partial charge on any atom is 0.266 e. The van der Waals surface area contributed by atoms with Crippen LogP contribution in [-0.4, -0.2) is 24.3 Å². The van der Waals surface area contributed by atoms with Crippen LogP contribution >= 0.6 is 11.6 Å². The van der Waals surface area contributed by atoms with Crippen LogP contribution in [0.15, 0.2) is 66.7 Å². The zero-order valence-corrected chi connectivity index (χ0v) is 16.8. The molecule has 1 aliphatic heterocycles. The number of imide groups is 1. The van der Waals surface area contributed by atoms with Crippen LogP contribution in [0.4, 0.5) is 11.4 Å². The van der Waals surface area contributed by atoms with Crippen LogP contribution in [0.25, 0.3) is 0 Å². The van der Waals surface area contributed by atoms with E-state index < -0.39 is 0 Å². The van der Waals surface area contributed by atoms with Gasteiger partial charge in [0, 0.05) is 10.7 Å². The minimum atomic E-state index is -0.388. The molecule has 4 rings (SSSR count). The summed E-state index contributed by atoms with van der Waals surface area (Å²) < 4.78 is 5.54. The van der Waals surface area contributed by atoms with Gasteiger partial charge in [0.25, 0.3) is 17.7 Å². The number of amides is 3. The van der Waals surface area contributed by atoms with Crippen LogP contribution in [0.3, 0.4) is 0 Å². The Bertz CT molecular complexity index is 1140. The number of ether oxygens (including phenoxy) is 1. The maximum atomic E-state index is 12.6. The predicted octanol–water partition coefficient (Wildman–Crippen LogP) is 4.47. The average Bonchev–Trinajstić information content (AvgIpc) is 2.98. The molecule has 0 atom stereocenters. The monoisotopic (exact) mass is 420 g/mol. The van der Waals surface area contributed by atoms with E-state index in [-0.39, 0.29) is 24.3 Å². The van der Waals surface area contributed by atoms with Gasteiger partial charge in [-0.3, -0.25) is 14.4 Å². The molecule has 0 unspecified atom stereocenters. The van der Waals surface area contributed by atoms with Gasteiger partial charge >= 0.3 is 0 Å². The molecule has 0 saturated heterocycles. The molecule has 7 heteroatoms. The van der Waals surface area contributed by atoms with E-state index in [4.69, 9.17) is 16.3 Å². The SMILES string of the molecule is Cc1cc(Cl)ccc1OCC(=O)Nc1cccc(N2C(=O)c3ccccc3C2=O)c1. The molecule has 3 amide bonds. The molecular formula is C23H17ClN2O4. The van der Waals surface area contributed by atoms with Gasteiger partial charge in [-0.2, -0.15) is 0 Å². The smallest absolute Gasteiger partial charge is 0.266 e. The Labute approximate surface area is 178 Å². The molecular weight excluding hydrogens is 404 g/mol. The zero-order valence-electron chi connectivity index (χ0n) is 16.0. The molecule has 0 fully saturated rings. The summed E-state index contributed by atoms with van der Waals surface area (Å²) in [5.41, 5.74) is 2.38. The number of benzene rings is 3. The fourth-order valence-corrected chi connectivity index (χ4v) is 3.49. The van der Waals surface area contributed by atoms with Crippen molar-refractivity contribution in [3.8, 4) is 5.75 Å². The fraction of sp³-hybridized carbons (Fsp3) is 0.0870. The summed E-state index contributed by atoms with van der Waals surface area (Å²) in [5, 5.41) is 3.31.